The molecule has 2 aliphatic rings. The predicted octanol–water partition coefficient (Wildman–Crippen LogP) is -0.937. The zero-order valence-electron chi connectivity index (χ0n) is 13.7. The van der Waals surface area contributed by atoms with Crippen LogP contribution in [0.3, 0.4) is 0 Å². The van der Waals surface area contributed by atoms with E-state index in [1.165, 1.54) is 12.0 Å². The number of ether oxygens (including phenoxy) is 4. The van der Waals surface area contributed by atoms with Gasteiger partial charge < -0.3 is 23.8 Å². The molecule has 0 aromatic heterocycles. The number of methoxy groups -OCH3 is 1. The van der Waals surface area contributed by atoms with Gasteiger partial charge in [0.25, 0.3) is 11.9 Å². The van der Waals surface area contributed by atoms with Gasteiger partial charge >= 0.3 is 0 Å². The second kappa shape index (κ2) is 7.98. The Morgan fingerprint density at radius 3 is 2.88 bits per heavy atom. The summed E-state index contributed by atoms with van der Waals surface area (Å²) < 4.78 is 21.0. The molecule has 0 bridgehead atoms. The second-order valence-electron chi connectivity index (χ2n) is 5.53. The summed E-state index contributed by atoms with van der Waals surface area (Å²) in [5.41, 5.74) is 0.461. The molecule has 1 aromatic carbocycles. The van der Waals surface area contributed by atoms with Gasteiger partial charge in [0, 0.05) is 5.56 Å². The average Bonchev–Trinajstić information content (AvgIpc) is 3.09. The van der Waals surface area contributed by atoms with E-state index in [9.17, 15) is 4.79 Å². The van der Waals surface area contributed by atoms with Gasteiger partial charge in [0.2, 0.25) is 6.79 Å². The minimum absolute atomic E-state index is 0.176. The molecule has 1 aromatic rings. The summed E-state index contributed by atoms with van der Waals surface area (Å²) in [6.07, 6.45) is 0. The Morgan fingerprint density at radius 1 is 1.29 bits per heavy atom. The molecule has 3 rings (SSSR count). The molecule has 0 radical (unpaired) electrons. The van der Waals surface area contributed by atoms with Crippen LogP contribution in [0.1, 0.15) is 10.4 Å². The van der Waals surface area contributed by atoms with Crippen LogP contribution < -0.4 is 19.7 Å². The van der Waals surface area contributed by atoms with Gasteiger partial charge in [-0.2, -0.15) is 0 Å². The van der Waals surface area contributed by atoms with Gasteiger partial charge in [0.05, 0.1) is 33.4 Å². The Kier molecular flexibility index (Phi) is 5.50. The number of hydrogen-bond acceptors (Lipinski definition) is 6. The van der Waals surface area contributed by atoms with Crippen LogP contribution in [-0.2, 0) is 9.47 Å². The van der Waals surface area contributed by atoms with Gasteiger partial charge in [-0.25, -0.2) is 4.99 Å². The Balaban J connectivity index is 1.53. The predicted molar refractivity (Wildman–Crippen MR) is 85.7 cm³/mol. The summed E-state index contributed by atoms with van der Waals surface area (Å²) in [7, 11) is 1.49. The highest BCUT2D eigenvalue weighted by molar-refractivity contribution is 6.04. The number of morpholine rings is 1. The van der Waals surface area contributed by atoms with Crippen LogP contribution in [-0.4, -0.2) is 65.2 Å². The molecule has 0 atom stereocenters. The summed E-state index contributed by atoms with van der Waals surface area (Å²) in [6, 6.07) is 5.24. The van der Waals surface area contributed by atoms with E-state index in [-0.39, 0.29) is 18.7 Å². The van der Waals surface area contributed by atoms with Crippen molar-refractivity contribution in [3.8, 4) is 11.5 Å². The number of benzene rings is 1. The molecule has 1 fully saturated rings. The lowest BCUT2D eigenvalue weighted by Crippen LogP contribution is -3.14. The van der Waals surface area contributed by atoms with Gasteiger partial charge in [-0.05, 0) is 18.2 Å². The molecule has 0 saturated carbocycles. The van der Waals surface area contributed by atoms with Crippen LogP contribution in [0, 0.1) is 0 Å². The minimum Gasteiger partial charge on any atom is -0.468 e. The van der Waals surface area contributed by atoms with Crippen LogP contribution in [0.15, 0.2) is 23.2 Å². The number of rotatable bonds is 4. The molecule has 0 unspecified atom stereocenters. The summed E-state index contributed by atoms with van der Waals surface area (Å²) >= 11 is 0. The van der Waals surface area contributed by atoms with E-state index in [2.05, 4.69) is 10.3 Å². The lowest BCUT2D eigenvalue weighted by Gasteiger charge is -2.22. The molecule has 24 heavy (non-hydrogen) atoms. The maximum atomic E-state index is 12.3. The number of nitrogens with one attached hydrogen (secondary N) is 2. The number of amidine groups is 1. The maximum absolute atomic E-state index is 12.3. The summed E-state index contributed by atoms with van der Waals surface area (Å²) in [5, 5.41) is 2.67. The molecular weight excluding hydrogens is 314 g/mol. The molecule has 2 heterocycles. The van der Waals surface area contributed by atoms with Crippen LogP contribution in [0.5, 0.6) is 11.5 Å². The van der Waals surface area contributed by atoms with Crippen molar-refractivity contribution >= 4 is 11.9 Å². The summed E-state index contributed by atoms with van der Waals surface area (Å²) in [6.45, 7) is 5.20. The Hall–Kier alpha value is -2.32. The number of amides is 1. The number of carbonyl (C=O) groups excluding carboxylic acids is 1. The van der Waals surface area contributed by atoms with E-state index in [4.69, 9.17) is 18.9 Å². The van der Waals surface area contributed by atoms with Gasteiger partial charge in [-0.1, -0.05) is 0 Å². The SMILES string of the molecule is COC(=NCC[NH+]1CCOCC1)NC(=O)c1ccc2c(c1)OCO2. The number of nitrogens with zero attached hydrogens (tertiary/aromatic N) is 1. The van der Waals surface area contributed by atoms with E-state index in [1.807, 2.05) is 0 Å². The zero-order chi connectivity index (χ0) is 16.8. The third-order valence-corrected chi connectivity index (χ3v) is 3.97. The van der Waals surface area contributed by atoms with Crippen molar-refractivity contribution in [3.05, 3.63) is 23.8 Å². The third-order valence-electron chi connectivity index (χ3n) is 3.97. The second-order valence-corrected chi connectivity index (χ2v) is 5.53. The smallest absolute Gasteiger partial charge is 0.291 e. The number of quaternary nitrogens is 1. The lowest BCUT2D eigenvalue weighted by atomic mass is 10.2. The van der Waals surface area contributed by atoms with E-state index >= 15 is 0 Å². The van der Waals surface area contributed by atoms with Gasteiger partial charge in [-0.3, -0.25) is 10.1 Å². The Labute approximate surface area is 140 Å². The van der Waals surface area contributed by atoms with E-state index < -0.39 is 0 Å². The molecule has 1 amide bonds. The Morgan fingerprint density at radius 2 is 2.08 bits per heavy atom. The van der Waals surface area contributed by atoms with Gasteiger partial charge in [-0.15, -0.1) is 0 Å². The highest BCUT2D eigenvalue weighted by Gasteiger charge is 2.17. The molecular formula is C16H22N3O5+. The first-order valence-electron chi connectivity index (χ1n) is 7.97. The standard InChI is InChI=1S/C16H21N3O5/c1-21-16(17-4-5-19-6-8-22-9-7-19)18-15(20)12-2-3-13-14(10-12)24-11-23-13/h2-3,10H,4-9,11H2,1H3,(H,17,18,20)/p+1. The van der Waals surface area contributed by atoms with E-state index in [0.29, 0.717) is 23.6 Å². The maximum Gasteiger partial charge on any atom is 0.291 e. The van der Waals surface area contributed by atoms with Crippen molar-refractivity contribution in [1.29, 1.82) is 0 Å². The number of aliphatic imine (C=N–C) groups is 1. The fourth-order valence-corrected chi connectivity index (χ4v) is 2.59. The number of carbonyl (C=O) groups is 1. The lowest BCUT2D eigenvalue weighted by molar-refractivity contribution is -0.906. The first-order valence-corrected chi connectivity index (χ1v) is 7.97. The quantitative estimate of drug-likeness (QED) is 0.548. The number of hydrogen-bond donors (Lipinski definition) is 2. The topological polar surface area (TPSA) is 82.8 Å². The molecule has 0 aliphatic carbocycles. The van der Waals surface area contributed by atoms with Crippen molar-refractivity contribution in [3.63, 3.8) is 0 Å². The highest BCUT2D eigenvalue weighted by Crippen LogP contribution is 2.32. The normalized spacial score (nSPS) is 17.6. The molecule has 8 heteroatoms. The van der Waals surface area contributed by atoms with Crippen molar-refractivity contribution in [2.24, 2.45) is 4.99 Å². The zero-order valence-corrected chi connectivity index (χ0v) is 13.7. The highest BCUT2D eigenvalue weighted by atomic mass is 16.7. The van der Waals surface area contributed by atoms with Crippen LogP contribution in [0.4, 0.5) is 0 Å². The van der Waals surface area contributed by atoms with Crippen molar-refractivity contribution in [2.75, 3.05) is 53.3 Å². The molecule has 1 saturated heterocycles. The minimum atomic E-state index is -0.299. The van der Waals surface area contributed by atoms with Crippen LogP contribution in [0.2, 0.25) is 0 Å². The molecule has 8 nitrogen and oxygen atoms in total. The van der Waals surface area contributed by atoms with Crippen LogP contribution in [0.25, 0.3) is 0 Å². The molecule has 2 N–H and O–H groups in total. The Bertz CT molecular complexity index is 614. The van der Waals surface area contributed by atoms with Gasteiger partial charge in [0.1, 0.15) is 13.1 Å². The van der Waals surface area contributed by atoms with Crippen LogP contribution >= 0.6 is 0 Å². The molecule has 0 spiro atoms. The van der Waals surface area contributed by atoms with Crippen molar-refractivity contribution < 1.29 is 28.6 Å². The summed E-state index contributed by atoms with van der Waals surface area (Å²) in [5.74, 6) is 0.905. The number of fused-ring (bicyclic) bond motifs is 1. The van der Waals surface area contributed by atoms with Gasteiger partial charge in [0.15, 0.2) is 11.5 Å². The van der Waals surface area contributed by atoms with E-state index in [0.717, 1.165) is 32.8 Å². The van der Waals surface area contributed by atoms with Crippen molar-refractivity contribution in [2.45, 2.75) is 0 Å². The van der Waals surface area contributed by atoms with E-state index in [1.54, 1.807) is 18.2 Å². The summed E-state index contributed by atoms with van der Waals surface area (Å²) in [4.78, 5) is 18.1. The fraction of sp³-hybridized carbons (Fsp3) is 0.500. The third kappa shape index (κ3) is 4.15. The first-order chi connectivity index (χ1) is 11.8. The largest absolute Gasteiger partial charge is 0.468 e. The van der Waals surface area contributed by atoms with Crippen molar-refractivity contribution in [1.82, 2.24) is 5.32 Å². The average molecular weight is 336 g/mol. The first kappa shape index (κ1) is 16.5. The monoisotopic (exact) mass is 336 g/mol. The molecule has 130 valence electrons. The molecule has 2 aliphatic heterocycles. The fourth-order valence-electron chi connectivity index (χ4n) is 2.59.